The molecule has 32 heavy (non-hydrogen) atoms. The molecule has 3 aromatic rings. The molecule has 5 nitrogen and oxygen atoms in total. The minimum absolute atomic E-state index is 0.236. The van der Waals surface area contributed by atoms with Crippen molar-refractivity contribution in [3.05, 3.63) is 98.4 Å². The number of nitrogens with one attached hydrogen (secondary N) is 1. The summed E-state index contributed by atoms with van der Waals surface area (Å²) in [5, 5.41) is 13.1. The predicted molar refractivity (Wildman–Crippen MR) is 129 cm³/mol. The molecule has 0 aliphatic carbocycles. The van der Waals surface area contributed by atoms with Gasteiger partial charge in [-0.05, 0) is 53.7 Å². The fourth-order valence-electron chi connectivity index (χ4n) is 2.90. The summed E-state index contributed by atoms with van der Waals surface area (Å²) in [6.07, 6.45) is 1.77. The molecule has 1 fully saturated rings. The van der Waals surface area contributed by atoms with Gasteiger partial charge in [-0.2, -0.15) is 5.26 Å². The van der Waals surface area contributed by atoms with Gasteiger partial charge in [0.1, 0.15) is 12.4 Å². The van der Waals surface area contributed by atoms with Crippen LogP contribution in [0.1, 0.15) is 16.7 Å². The average Bonchev–Trinajstić information content (AvgIpc) is 3.15. The van der Waals surface area contributed by atoms with Gasteiger partial charge in [-0.3, -0.25) is 4.79 Å². The third-order valence-corrected chi connectivity index (χ3v) is 6.23. The van der Waals surface area contributed by atoms with Crippen LogP contribution in [0.15, 0.2) is 76.6 Å². The summed E-state index contributed by atoms with van der Waals surface area (Å²) in [5.41, 5.74) is 2.75. The first-order chi connectivity index (χ1) is 15.5. The first kappa shape index (κ1) is 22.0. The molecular weight excluding hydrogens is 465 g/mol. The standard InChI is InChI=1S/C24H15Cl2N3O2S/c25-19-6-3-7-20(22(19)26)28-24-29-23(30)21(32-24)12-15-8-10-18(11-9-15)31-14-17-5-2-1-4-16(17)13-27/h1-12H,14H2,(H,28,29,30). The van der Waals surface area contributed by atoms with E-state index in [1.807, 2.05) is 42.5 Å². The molecule has 8 heteroatoms. The predicted octanol–water partition coefficient (Wildman–Crippen LogP) is 6.34. The van der Waals surface area contributed by atoms with Crippen LogP contribution in [0.5, 0.6) is 5.75 Å². The molecule has 0 atom stereocenters. The highest BCUT2D eigenvalue weighted by Gasteiger charge is 2.24. The van der Waals surface area contributed by atoms with Crippen LogP contribution in [0.3, 0.4) is 0 Å². The van der Waals surface area contributed by atoms with Gasteiger partial charge in [0, 0.05) is 5.56 Å². The second-order valence-electron chi connectivity index (χ2n) is 6.68. The Bertz CT molecular complexity index is 1280. The summed E-state index contributed by atoms with van der Waals surface area (Å²) in [7, 11) is 0. The molecule has 4 rings (SSSR count). The Kier molecular flexibility index (Phi) is 6.81. The van der Waals surface area contributed by atoms with Gasteiger partial charge in [0.05, 0.1) is 32.3 Å². The van der Waals surface area contributed by atoms with E-state index in [1.54, 1.807) is 30.3 Å². The maximum Gasteiger partial charge on any atom is 0.264 e. The number of nitrogens with zero attached hydrogens (tertiary/aromatic N) is 2. The number of amides is 1. The molecule has 1 saturated heterocycles. The lowest BCUT2D eigenvalue weighted by molar-refractivity contribution is -0.115. The van der Waals surface area contributed by atoms with E-state index in [-0.39, 0.29) is 5.91 Å². The van der Waals surface area contributed by atoms with E-state index in [2.05, 4.69) is 16.4 Å². The van der Waals surface area contributed by atoms with Crippen LogP contribution in [0, 0.1) is 11.3 Å². The van der Waals surface area contributed by atoms with Crippen molar-refractivity contribution in [1.82, 2.24) is 5.32 Å². The molecule has 3 aromatic carbocycles. The lowest BCUT2D eigenvalue weighted by Crippen LogP contribution is -2.19. The summed E-state index contributed by atoms with van der Waals surface area (Å²) in [6, 6.07) is 22.0. The number of rotatable bonds is 5. The van der Waals surface area contributed by atoms with E-state index in [0.29, 0.717) is 43.7 Å². The van der Waals surface area contributed by atoms with Crippen molar-refractivity contribution in [1.29, 1.82) is 5.26 Å². The van der Waals surface area contributed by atoms with Crippen LogP contribution in [0.4, 0.5) is 5.69 Å². The number of amidine groups is 1. The number of ether oxygens (including phenoxy) is 1. The average molecular weight is 480 g/mol. The molecule has 158 valence electrons. The van der Waals surface area contributed by atoms with Crippen molar-refractivity contribution < 1.29 is 9.53 Å². The van der Waals surface area contributed by atoms with E-state index in [0.717, 1.165) is 11.1 Å². The zero-order valence-electron chi connectivity index (χ0n) is 16.5. The number of thioether (sulfide) groups is 1. The quantitative estimate of drug-likeness (QED) is 0.433. The first-order valence-corrected chi connectivity index (χ1v) is 11.1. The largest absolute Gasteiger partial charge is 0.489 e. The van der Waals surface area contributed by atoms with Crippen LogP contribution in [0.2, 0.25) is 10.0 Å². The molecule has 0 saturated carbocycles. The number of halogens is 2. The first-order valence-electron chi connectivity index (χ1n) is 9.48. The molecule has 0 unspecified atom stereocenters. The Morgan fingerprint density at radius 2 is 1.84 bits per heavy atom. The minimum Gasteiger partial charge on any atom is -0.489 e. The van der Waals surface area contributed by atoms with Crippen LogP contribution < -0.4 is 10.1 Å². The monoisotopic (exact) mass is 479 g/mol. The lowest BCUT2D eigenvalue weighted by Gasteiger charge is -2.07. The van der Waals surface area contributed by atoms with Crippen LogP contribution in [-0.2, 0) is 11.4 Å². The minimum atomic E-state index is -0.236. The molecule has 1 heterocycles. The highest BCUT2D eigenvalue weighted by atomic mass is 35.5. The van der Waals surface area contributed by atoms with Gasteiger partial charge in [0.15, 0.2) is 5.17 Å². The van der Waals surface area contributed by atoms with E-state index < -0.39 is 0 Å². The molecule has 0 spiro atoms. The van der Waals surface area contributed by atoms with E-state index in [1.165, 1.54) is 11.8 Å². The summed E-state index contributed by atoms with van der Waals surface area (Å²) < 4.78 is 5.79. The third kappa shape index (κ3) is 5.14. The Morgan fingerprint density at radius 1 is 1.06 bits per heavy atom. The van der Waals surface area contributed by atoms with E-state index in [4.69, 9.17) is 33.2 Å². The molecular formula is C24H15Cl2N3O2S. The number of aliphatic imine (C=N–C) groups is 1. The number of carbonyl (C=O) groups excluding carboxylic acids is 1. The van der Waals surface area contributed by atoms with Crippen molar-refractivity contribution >= 4 is 57.8 Å². The van der Waals surface area contributed by atoms with Crippen LogP contribution >= 0.6 is 35.0 Å². The molecule has 0 bridgehead atoms. The Balaban J connectivity index is 1.44. The topological polar surface area (TPSA) is 74.5 Å². The summed E-state index contributed by atoms with van der Waals surface area (Å²) >= 11 is 13.4. The summed E-state index contributed by atoms with van der Waals surface area (Å²) in [5.74, 6) is 0.432. The molecule has 1 aliphatic heterocycles. The van der Waals surface area contributed by atoms with Gasteiger partial charge in [-0.25, -0.2) is 4.99 Å². The Labute approximate surface area is 199 Å². The van der Waals surface area contributed by atoms with Crippen LogP contribution in [0.25, 0.3) is 6.08 Å². The normalized spacial score (nSPS) is 15.6. The zero-order chi connectivity index (χ0) is 22.5. The second-order valence-corrected chi connectivity index (χ2v) is 8.50. The number of nitriles is 1. The van der Waals surface area contributed by atoms with Crippen molar-refractivity contribution in [2.45, 2.75) is 6.61 Å². The Morgan fingerprint density at radius 3 is 2.62 bits per heavy atom. The molecule has 0 radical (unpaired) electrons. The highest BCUT2D eigenvalue weighted by molar-refractivity contribution is 8.18. The fraction of sp³-hybridized carbons (Fsp3) is 0.0417. The van der Waals surface area contributed by atoms with Gasteiger partial charge in [-0.1, -0.05) is 59.6 Å². The SMILES string of the molecule is N#Cc1ccccc1COc1ccc(C=C2SC(=Nc3cccc(Cl)c3Cl)NC2=O)cc1. The maximum absolute atomic E-state index is 12.3. The number of hydrogen-bond donors (Lipinski definition) is 1. The van der Waals surface area contributed by atoms with E-state index >= 15 is 0 Å². The van der Waals surface area contributed by atoms with Gasteiger partial charge in [0.2, 0.25) is 0 Å². The molecule has 0 aromatic heterocycles. The van der Waals surface area contributed by atoms with Crippen molar-refractivity contribution in [2.24, 2.45) is 4.99 Å². The van der Waals surface area contributed by atoms with Crippen molar-refractivity contribution in [3.8, 4) is 11.8 Å². The van der Waals surface area contributed by atoms with Crippen LogP contribution in [-0.4, -0.2) is 11.1 Å². The van der Waals surface area contributed by atoms with Gasteiger partial charge in [-0.15, -0.1) is 0 Å². The smallest absolute Gasteiger partial charge is 0.264 e. The van der Waals surface area contributed by atoms with Gasteiger partial charge >= 0.3 is 0 Å². The van der Waals surface area contributed by atoms with Gasteiger partial charge < -0.3 is 10.1 Å². The second kappa shape index (κ2) is 9.92. The molecule has 1 aliphatic rings. The molecule has 1 N–H and O–H groups in total. The lowest BCUT2D eigenvalue weighted by atomic mass is 10.1. The Hall–Kier alpha value is -3.24. The van der Waals surface area contributed by atoms with E-state index in [9.17, 15) is 4.79 Å². The fourth-order valence-corrected chi connectivity index (χ4v) is 4.07. The molecule has 1 amide bonds. The number of benzene rings is 3. The van der Waals surface area contributed by atoms with Gasteiger partial charge in [0.25, 0.3) is 5.91 Å². The van der Waals surface area contributed by atoms with Crippen molar-refractivity contribution in [2.75, 3.05) is 0 Å². The summed E-state index contributed by atoms with van der Waals surface area (Å²) in [4.78, 5) is 17.2. The zero-order valence-corrected chi connectivity index (χ0v) is 18.8. The third-order valence-electron chi connectivity index (χ3n) is 4.51. The number of carbonyl (C=O) groups is 1. The summed E-state index contributed by atoms with van der Waals surface area (Å²) in [6.45, 7) is 0.300. The van der Waals surface area contributed by atoms with Crippen molar-refractivity contribution in [3.63, 3.8) is 0 Å². The highest BCUT2D eigenvalue weighted by Crippen LogP contribution is 2.34. The maximum atomic E-state index is 12.3. The number of hydrogen-bond acceptors (Lipinski definition) is 5.